The molecule has 0 saturated carbocycles. The van der Waals surface area contributed by atoms with Crippen molar-refractivity contribution in [2.24, 2.45) is 11.8 Å². The molecule has 0 bridgehead atoms. The van der Waals surface area contributed by atoms with E-state index in [4.69, 9.17) is 9.47 Å². The largest absolute Gasteiger partial charge is 0.477 e. The van der Waals surface area contributed by atoms with E-state index in [0.717, 1.165) is 55.7 Å². The quantitative estimate of drug-likeness (QED) is 0.107. The van der Waals surface area contributed by atoms with E-state index in [2.05, 4.69) is 54.8 Å². The standard InChI is InChI=1S/C32H55N3O2Si/c1-5-7-9-15-27(3)16-12-17-28(4)18-14-24-38-30-19-13-20-33-32(30)29-25-35-31(26-34-29)37-23-11-10-22-36-21-8-6-2/h13,19-20,25-28H,5-12,14-18,21-24,38H2,1-4H3. The van der Waals surface area contributed by atoms with Crippen LogP contribution in [0, 0.1) is 11.8 Å². The van der Waals surface area contributed by atoms with Crippen molar-refractivity contribution in [2.75, 3.05) is 19.8 Å². The molecule has 2 aromatic rings. The zero-order valence-corrected chi connectivity index (χ0v) is 26.3. The summed E-state index contributed by atoms with van der Waals surface area (Å²) < 4.78 is 11.4. The van der Waals surface area contributed by atoms with Gasteiger partial charge in [0.25, 0.3) is 0 Å². The van der Waals surface area contributed by atoms with E-state index in [1.54, 1.807) is 6.20 Å². The van der Waals surface area contributed by atoms with Crippen LogP contribution in [-0.4, -0.2) is 44.3 Å². The molecule has 2 aromatic heterocycles. The fourth-order valence-electron chi connectivity index (χ4n) is 4.87. The molecule has 0 aliphatic heterocycles. The predicted octanol–water partition coefficient (Wildman–Crippen LogP) is 7.53. The van der Waals surface area contributed by atoms with Crippen molar-refractivity contribution < 1.29 is 9.47 Å². The highest BCUT2D eigenvalue weighted by atomic mass is 28.2. The van der Waals surface area contributed by atoms with Gasteiger partial charge in [-0.15, -0.1) is 0 Å². The highest BCUT2D eigenvalue weighted by Crippen LogP contribution is 2.21. The minimum Gasteiger partial charge on any atom is -0.477 e. The Labute approximate surface area is 235 Å². The van der Waals surface area contributed by atoms with Gasteiger partial charge in [-0.25, -0.2) is 9.97 Å². The minimum absolute atomic E-state index is 0.382. The summed E-state index contributed by atoms with van der Waals surface area (Å²) in [7, 11) is -0.382. The van der Waals surface area contributed by atoms with Crippen LogP contribution in [-0.2, 0) is 4.74 Å². The third kappa shape index (κ3) is 14.4. The molecule has 2 unspecified atom stereocenters. The molecule has 0 radical (unpaired) electrons. The van der Waals surface area contributed by atoms with Gasteiger partial charge in [0.15, 0.2) is 0 Å². The van der Waals surface area contributed by atoms with Crippen molar-refractivity contribution in [3.63, 3.8) is 0 Å². The first-order chi connectivity index (χ1) is 18.6. The molecule has 0 aliphatic rings. The molecule has 0 saturated heterocycles. The highest BCUT2D eigenvalue weighted by Gasteiger charge is 2.10. The third-order valence-electron chi connectivity index (χ3n) is 7.42. The summed E-state index contributed by atoms with van der Waals surface area (Å²) in [5.41, 5.74) is 1.86. The summed E-state index contributed by atoms with van der Waals surface area (Å²) in [6.45, 7) is 11.7. The van der Waals surface area contributed by atoms with E-state index >= 15 is 0 Å². The van der Waals surface area contributed by atoms with E-state index in [1.807, 2.05) is 12.4 Å². The molecule has 6 heteroatoms. The second-order valence-electron chi connectivity index (χ2n) is 11.2. The zero-order chi connectivity index (χ0) is 27.3. The van der Waals surface area contributed by atoms with Crippen LogP contribution in [0.1, 0.15) is 111 Å². The summed E-state index contributed by atoms with van der Waals surface area (Å²) in [5.74, 6) is 2.32. The maximum atomic E-state index is 5.78. The van der Waals surface area contributed by atoms with Gasteiger partial charge < -0.3 is 9.47 Å². The van der Waals surface area contributed by atoms with Crippen molar-refractivity contribution in [3.05, 3.63) is 30.7 Å². The summed E-state index contributed by atoms with van der Waals surface area (Å²) >= 11 is 0. The van der Waals surface area contributed by atoms with E-state index in [9.17, 15) is 0 Å². The number of pyridine rings is 1. The molecule has 5 nitrogen and oxygen atoms in total. The van der Waals surface area contributed by atoms with Crippen molar-refractivity contribution in [1.29, 1.82) is 0 Å². The Bertz CT molecular complexity index is 834. The topological polar surface area (TPSA) is 57.1 Å². The van der Waals surface area contributed by atoms with Crippen molar-refractivity contribution in [2.45, 2.75) is 117 Å². The van der Waals surface area contributed by atoms with Gasteiger partial charge in [0.1, 0.15) is 5.69 Å². The Hall–Kier alpha value is -1.79. The number of hydrogen-bond donors (Lipinski definition) is 0. The molecule has 2 heterocycles. The molecule has 214 valence electrons. The zero-order valence-electron chi connectivity index (χ0n) is 24.9. The average Bonchev–Trinajstić information content (AvgIpc) is 2.93. The van der Waals surface area contributed by atoms with Crippen molar-refractivity contribution >= 4 is 14.7 Å². The summed E-state index contributed by atoms with van der Waals surface area (Å²) in [6, 6.07) is 5.63. The number of unbranched alkanes of at least 4 members (excludes halogenated alkanes) is 4. The average molecular weight is 542 g/mol. The van der Waals surface area contributed by atoms with Crippen LogP contribution >= 0.6 is 0 Å². The van der Waals surface area contributed by atoms with Crippen LogP contribution in [0.25, 0.3) is 11.4 Å². The smallest absolute Gasteiger partial charge is 0.232 e. The van der Waals surface area contributed by atoms with Crippen LogP contribution < -0.4 is 9.92 Å². The van der Waals surface area contributed by atoms with Crippen LogP contribution in [0.2, 0.25) is 6.04 Å². The first-order valence-electron chi connectivity index (χ1n) is 15.6. The van der Waals surface area contributed by atoms with Gasteiger partial charge in [0.05, 0.1) is 34.2 Å². The van der Waals surface area contributed by atoms with Crippen LogP contribution in [0.5, 0.6) is 5.88 Å². The Morgan fingerprint density at radius 2 is 1.45 bits per heavy atom. The summed E-state index contributed by atoms with van der Waals surface area (Å²) in [5, 5.41) is 1.40. The fourth-order valence-corrected chi connectivity index (χ4v) is 6.60. The number of aromatic nitrogens is 3. The second kappa shape index (κ2) is 21.1. The summed E-state index contributed by atoms with van der Waals surface area (Å²) in [6.07, 6.45) is 22.1. The number of ether oxygens (including phenoxy) is 2. The lowest BCUT2D eigenvalue weighted by atomic mass is 9.93. The van der Waals surface area contributed by atoms with Crippen LogP contribution in [0.3, 0.4) is 0 Å². The first kappa shape index (κ1) is 32.4. The molecule has 2 rings (SSSR count). The normalized spacial score (nSPS) is 13.3. The predicted molar refractivity (Wildman–Crippen MR) is 164 cm³/mol. The van der Waals surface area contributed by atoms with Gasteiger partial charge in [-0.05, 0) is 42.4 Å². The molecule has 0 fully saturated rings. The van der Waals surface area contributed by atoms with Crippen molar-refractivity contribution in [1.82, 2.24) is 15.0 Å². The molecule has 0 spiro atoms. The Kier molecular flexibility index (Phi) is 18.0. The maximum Gasteiger partial charge on any atom is 0.232 e. The number of rotatable bonds is 23. The van der Waals surface area contributed by atoms with Crippen LogP contribution in [0.15, 0.2) is 30.7 Å². The van der Waals surface area contributed by atoms with E-state index in [-0.39, 0.29) is 9.52 Å². The third-order valence-corrected chi connectivity index (χ3v) is 9.39. The molecule has 0 N–H and O–H groups in total. The minimum atomic E-state index is -0.382. The van der Waals surface area contributed by atoms with E-state index in [1.165, 1.54) is 75.4 Å². The van der Waals surface area contributed by atoms with Gasteiger partial charge in [-0.2, -0.15) is 0 Å². The Morgan fingerprint density at radius 3 is 2.18 bits per heavy atom. The molecule has 0 amide bonds. The monoisotopic (exact) mass is 541 g/mol. The SMILES string of the molecule is CCCCCC(C)CCCC(C)CCC[SiH2]c1cccnc1-c1cnc(OCCCCOCCCC)cn1. The van der Waals surface area contributed by atoms with Crippen LogP contribution in [0.4, 0.5) is 0 Å². The highest BCUT2D eigenvalue weighted by molar-refractivity contribution is 6.55. The molecular weight excluding hydrogens is 486 g/mol. The summed E-state index contributed by atoms with van der Waals surface area (Å²) in [4.78, 5) is 13.8. The van der Waals surface area contributed by atoms with Crippen molar-refractivity contribution in [3.8, 4) is 17.3 Å². The second-order valence-corrected chi connectivity index (χ2v) is 13.1. The van der Waals surface area contributed by atoms with E-state index in [0.29, 0.717) is 12.5 Å². The molecule has 0 aliphatic carbocycles. The lowest BCUT2D eigenvalue weighted by molar-refractivity contribution is 0.123. The molecule has 38 heavy (non-hydrogen) atoms. The lowest BCUT2D eigenvalue weighted by Gasteiger charge is -2.14. The van der Waals surface area contributed by atoms with Gasteiger partial charge in [-0.3, -0.25) is 4.98 Å². The molecule has 0 aromatic carbocycles. The number of hydrogen-bond acceptors (Lipinski definition) is 5. The number of nitrogens with zero attached hydrogens (tertiary/aromatic N) is 3. The van der Waals surface area contributed by atoms with Gasteiger partial charge >= 0.3 is 0 Å². The van der Waals surface area contributed by atoms with Gasteiger partial charge in [0, 0.05) is 19.4 Å². The fraction of sp³-hybridized carbons (Fsp3) is 0.719. The van der Waals surface area contributed by atoms with E-state index < -0.39 is 0 Å². The molecular formula is C32H55N3O2Si. The Balaban J connectivity index is 1.66. The lowest BCUT2D eigenvalue weighted by Crippen LogP contribution is -2.18. The molecule has 2 atom stereocenters. The van der Waals surface area contributed by atoms with Gasteiger partial charge in [0.2, 0.25) is 5.88 Å². The first-order valence-corrected chi connectivity index (χ1v) is 17.3. The Morgan fingerprint density at radius 1 is 0.737 bits per heavy atom. The van der Waals surface area contributed by atoms with Gasteiger partial charge in [-0.1, -0.05) is 104 Å². The maximum absolute atomic E-state index is 5.78.